The highest BCUT2D eigenvalue weighted by Gasteiger charge is 2.06. The van der Waals surface area contributed by atoms with Crippen molar-refractivity contribution in [3.63, 3.8) is 0 Å². The van der Waals surface area contributed by atoms with E-state index in [0.29, 0.717) is 37.6 Å². The predicted molar refractivity (Wildman–Crippen MR) is 134 cm³/mol. The summed E-state index contributed by atoms with van der Waals surface area (Å²) in [5, 5.41) is 0. The summed E-state index contributed by atoms with van der Waals surface area (Å²) in [6, 6.07) is 0. The molecule has 0 rings (SSSR count). The molecule has 0 amide bonds. The zero-order chi connectivity index (χ0) is 23.2. The molecule has 0 fully saturated rings. The number of carbonyl (C=O) groups is 2. The van der Waals surface area contributed by atoms with Crippen molar-refractivity contribution in [1.82, 2.24) is 0 Å². The monoisotopic (exact) mass is 458 g/mol. The fourth-order valence-corrected chi connectivity index (χ4v) is 4.13. The fourth-order valence-electron chi connectivity index (χ4n) is 3.30. The molecule has 0 saturated carbocycles. The Bertz CT molecular complexity index is 386. The molecule has 0 aliphatic rings. The van der Waals surface area contributed by atoms with Gasteiger partial charge in [0.05, 0.1) is 26.1 Å². The first-order valence-corrected chi connectivity index (χ1v) is 14.0. The van der Waals surface area contributed by atoms with Crippen LogP contribution in [0.2, 0.25) is 0 Å². The highest BCUT2D eigenvalue weighted by Crippen LogP contribution is 2.12. The van der Waals surface area contributed by atoms with E-state index in [1.165, 1.54) is 51.4 Å². The van der Waals surface area contributed by atoms with Gasteiger partial charge in [-0.15, -0.1) is 0 Å². The van der Waals surface area contributed by atoms with Gasteiger partial charge in [0.1, 0.15) is 0 Å². The maximum absolute atomic E-state index is 11.7. The number of rotatable bonds is 22. The zero-order valence-electron chi connectivity index (χ0n) is 20.9. The average molecular weight is 459 g/mol. The first kappa shape index (κ1) is 30.3. The van der Waals surface area contributed by atoms with Crippen LogP contribution in [-0.4, -0.2) is 36.7 Å². The van der Waals surface area contributed by atoms with E-state index < -0.39 is 0 Å². The third-order valence-corrected chi connectivity index (χ3v) is 6.26. The van der Waals surface area contributed by atoms with Crippen LogP contribution in [0.25, 0.3) is 0 Å². The first-order chi connectivity index (χ1) is 14.9. The summed E-state index contributed by atoms with van der Waals surface area (Å²) in [6.07, 6.45) is 15.3. The lowest BCUT2D eigenvalue weighted by molar-refractivity contribution is -0.144. The third kappa shape index (κ3) is 25.4. The summed E-state index contributed by atoms with van der Waals surface area (Å²) >= 11 is 1.62. The van der Waals surface area contributed by atoms with Gasteiger partial charge in [0.25, 0.3) is 0 Å². The molecule has 0 N–H and O–H groups in total. The molecule has 0 heterocycles. The highest BCUT2D eigenvalue weighted by molar-refractivity contribution is 7.99. The molecule has 0 aromatic rings. The van der Waals surface area contributed by atoms with E-state index in [4.69, 9.17) is 9.47 Å². The molecular formula is C26H50O4S. The van der Waals surface area contributed by atoms with Crippen molar-refractivity contribution < 1.29 is 19.1 Å². The molecule has 0 atom stereocenters. The second-order valence-corrected chi connectivity index (χ2v) is 10.7. The quantitative estimate of drug-likeness (QED) is 0.124. The fraction of sp³-hybridized carbons (Fsp3) is 0.923. The van der Waals surface area contributed by atoms with Gasteiger partial charge in [-0.1, -0.05) is 91.9 Å². The normalized spacial score (nSPS) is 11.3. The van der Waals surface area contributed by atoms with Gasteiger partial charge in [0, 0.05) is 11.5 Å². The minimum atomic E-state index is -0.122. The van der Waals surface area contributed by atoms with Gasteiger partial charge in [0.2, 0.25) is 0 Å². The molecule has 0 bridgehead atoms. The van der Waals surface area contributed by atoms with Crippen molar-refractivity contribution in [2.24, 2.45) is 11.8 Å². The minimum Gasteiger partial charge on any atom is -0.466 e. The minimum absolute atomic E-state index is 0.122. The van der Waals surface area contributed by atoms with Gasteiger partial charge < -0.3 is 9.47 Å². The molecule has 0 radical (unpaired) electrons. The average Bonchev–Trinajstić information content (AvgIpc) is 2.71. The van der Waals surface area contributed by atoms with Crippen LogP contribution in [0, 0.1) is 11.8 Å². The van der Waals surface area contributed by atoms with Crippen LogP contribution in [0.5, 0.6) is 0 Å². The van der Waals surface area contributed by atoms with Crippen LogP contribution in [0.3, 0.4) is 0 Å². The number of carbonyl (C=O) groups excluding carboxylic acids is 2. The molecule has 0 aromatic carbocycles. The Balaban J connectivity index is 3.32. The van der Waals surface area contributed by atoms with Crippen molar-refractivity contribution in [3.8, 4) is 0 Å². The van der Waals surface area contributed by atoms with Gasteiger partial charge in [-0.25, -0.2) is 0 Å². The van der Waals surface area contributed by atoms with E-state index in [-0.39, 0.29) is 11.9 Å². The summed E-state index contributed by atoms with van der Waals surface area (Å²) in [5.41, 5.74) is 0. The summed E-state index contributed by atoms with van der Waals surface area (Å²) < 4.78 is 10.6. The maximum atomic E-state index is 11.7. The Labute approximate surface area is 197 Å². The molecule has 184 valence electrons. The van der Waals surface area contributed by atoms with E-state index in [2.05, 4.69) is 27.7 Å². The summed E-state index contributed by atoms with van der Waals surface area (Å²) in [6.45, 7) is 10.1. The molecule has 0 spiro atoms. The van der Waals surface area contributed by atoms with Crippen molar-refractivity contribution in [1.29, 1.82) is 0 Å². The van der Waals surface area contributed by atoms with Crippen molar-refractivity contribution in [2.45, 2.75) is 118 Å². The SMILES string of the molecule is CC(C)CCCCCCCOC(=O)CCSCCC(=O)OCCCCCCCC(C)C. The van der Waals surface area contributed by atoms with Crippen molar-refractivity contribution in [3.05, 3.63) is 0 Å². The standard InChI is InChI=1S/C26H50O4S/c1-23(2)15-11-7-5-9-13-19-29-25(27)17-21-31-22-18-26(28)30-20-14-10-6-8-12-16-24(3)4/h23-24H,5-22H2,1-4H3. The Morgan fingerprint density at radius 1 is 0.581 bits per heavy atom. The molecule has 0 aliphatic carbocycles. The Morgan fingerprint density at radius 3 is 1.32 bits per heavy atom. The Hall–Kier alpha value is -0.710. The van der Waals surface area contributed by atoms with Crippen LogP contribution >= 0.6 is 11.8 Å². The van der Waals surface area contributed by atoms with Gasteiger partial charge in [-0.2, -0.15) is 11.8 Å². The number of unbranched alkanes of at least 4 members (excludes halogenated alkanes) is 8. The first-order valence-electron chi connectivity index (χ1n) is 12.8. The smallest absolute Gasteiger partial charge is 0.306 e. The van der Waals surface area contributed by atoms with Gasteiger partial charge in [-0.05, 0) is 24.7 Å². The summed E-state index contributed by atoms with van der Waals surface area (Å²) in [4.78, 5) is 23.4. The third-order valence-electron chi connectivity index (χ3n) is 5.28. The lowest BCUT2D eigenvalue weighted by Gasteiger charge is -2.07. The largest absolute Gasteiger partial charge is 0.466 e. The number of hydrogen-bond donors (Lipinski definition) is 0. The van der Waals surface area contributed by atoms with Gasteiger partial charge in [0.15, 0.2) is 0 Å². The highest BCUT2D eigenvalue weighted by atomic mass is 32.2. The Kier molecular flexibility index (Phi) is 22.0. The van der Waals surface area contributed by atoms with Crippen molar-refractivity contribution >= 4 is 23.7 Å². The van der Waals surface area contributed by atoms with Crippen LogP contribution in [0.4, 0.5) is 0 Å². The zero-order valence-corrected chi connectivity index (χ0v) is 21.7. The van der Waals surface area contributed by atoms with E-state index in [1.54, 1.807) is 11.8 Å². The van der Waals surface area contributed by atoms with E-state index >= 15 is 0 Å². The molecule has 5 heteroatoms. The summed E-state index contributed by atoms with van der Waals surface area (Å²) in [5.74, 6) is 2.76. The predicted octanol–water partition coefficient (Wildman–Crippen LogP) is 7.58. The topological polar surface area (TPSA) is 52.6 Å². The molecule has 31 heavy (non-hydrogen) atoms. The number of ether oxygens (including phenoxy) is 2. The Morgan fingerprint density at radius 2 is 0.935 bits per heavy atom. The second kappa shape index (κ2) is 22.5. The second-order valence-electron chi connectivity index (χ2n) is 9.45. The van der Waals surface area contributed by atoms with Crippen LogP contribution in [-0.2, 0) is 19.1 Å². The number of esters is 2. The number of hydrogen-bond acceptors (Lipinski definition) is 5. The van der Waals surface area contributed by atoms with E-state index in [1.807, 2.05) is 0 Å². The van der Waals surface area contributed by atoms with Gasteiger partial charge in [-0.3, -0.25) is 9.59 Å². The number of thioether (sulfide) groups is 1. The van der Waals surface area contributed by atoms with E-state index in [0.717, 1.165) is 37.5 Å². The van der Waals surface area contributed by atoms with E-state index in [9.17, 15) is 9.59 Å². The van der Waals surface area contributed by atoms with Crippen LogP contribution in [0.15, 0.2) is 0 Å². The lowest BCUT2D eigenvalue weighted by atomic mass is 10.0. The van der Waals surface area contributed by atoms with Crippen molar-refractivity contribution in [2.75, 3.05) is 24.7 Å². The maximum Gasteiger partial charge on any atom is 0.306 e. The molecule has 0 aliphatic heterocycles. The van der Waals surface area contributed by atoms with Gasteiger partial charge >= 0.3 is 11.9 Å². The molecule has 0 saturated heterocycles. The van der Waals surface area contributed by atoms with Crippen LogP contribution in [0.1, 0.15) is 118 Å². The molecule has 0 aromatic heterocycles. The molecule has 4 nitrogen and oxygen atoms in total. The molecular weight excluding hydrogens is 408 g/mol. The van der Waals surface area contributed by atoms with Crippen LogP contribution < -0.4 is 0 Å². The summed E-state index contributed by atoms with van der Waals surface area (Å²) in [7, 11) is 0. The molecule has 0 unspecified atom stereocenters. The lowest BCUT2D eigenvalue weighted by Crippen LogP contribution is -2.09.